The summed E-state index contributed by atoms with van der Waals surface area (Å²) >= 11 is 5.16. The van der Waals surface area contributed by atoms with Crippen LogP contribution in [0.1, 0.15) is 13.8 Å². The highest BCUT2D eigenvalue weighted by atomic mass is 35.5. The van der Waals surface area contributed by atoms with Gasteiger partial charge in [0, 0.05) is 5.92 Å². The molecule has 0 saturated carbocycles. The normalized spacial score (nSPS) is 17.4. The molecular weight excluding hydrogens is 144 g/mol. The fraction of sp³-hybridized carbons (Fsp3) is 0.800. The first kappa shape index (κ1) is 8.72. The molecule has 0 aliphatic carbocycles. The second-order valence-electron chi connectivity index (χ2n) is 2.13. The van der Waals surface area contributed by atoms with Crippen molar-refractivity contribution >= 4 is 17.6 Å². The predicted molar refractivity (Wildman–Crippen MR) is 33.3 cm³/mol. The summed E-state index contributed by atoms with van der Waals surface area (Å²) in [5, 5.41) is 15.0. The van der Waals surface area contributed by atoms with Gasteiger partial charge in [-0.15, -0.1) is 0 Å². The SMILES string of the molecule is CC(C)C(O)(Cl)C(=O)O. The maximum absolute atomic E-state index is 10.1. The molecular formula is C5H9ClO3. The number of carbonyl (C=O) groups is 1. The average molecular weight is 153 g/mol. The van der Waals surface area contributed by atoms with Crippen LogP contribution in [0, 0.1) is 5.92 Å². The van der Waals surface area contributed by atoms with Crippen molar-refractivity contribution in [3.8, 4) is 0 Å². The number of alkyl halides is 1. The van der Waals surface area contributed by atoms with E-state index in [9.17, 15) is 4.79 Å². The highest BCUT2D eigenvalue weighted by Gasteiger charge is 2.36. The monoisotopic (exact) mass is 152 g/mol. The number of hydrogen-bond donors (Lipinski definition) is 2. The molecule has 54 valence electrons. The van der Waals surface area contributed by atoms with Gasteiger partial charge >= 0.3 is 5.97 Å². The fourth-order valence-corrected chi connectivity index (χ4v) is 0.247. The van der Waals surface area contributed by atoms with E-state index in [2.05, 4.69) is 0 Å². The molecule has 4 heteroatoms. The topological polar surface area (TPSA) is 57.5 Å². The molecule has 0 rings (SSSR count). The molecule has 0 radical (unpaired) electrons. The van der Waals surface area contributed by atoms with E-state index in [1.165, 1.54) is 13.8 Å². The lowest BCUT2D eigenvalue weighted by Crippen LogP contribution is -2.37. The van der Waals surface area contributed by atoms with Gasteiger partial charge in [0.15, 0.2) is 0 Å². The number of rotatable bonds is 2. The molecule has 3 nitrogen and oxygen atoms in total. The number of aliphatic hydroxyl groups is 1. The standard InChI is InChI=1S/C5H9ClO3/c1-3(2)5(6,9)4(7)8/h3,9H,1-2H3,(H,7,8). The van der Waals surface area contributed by atoms with Crippen LogP contribution in [0.25, 0.3) is 0 Å². The van der Waals surface area contributed by atoms with Gasteiger partial charge in [-0.05, 0) is 0 Å². The second-order valence-corrected chi connectivity index (χ2v) is 2.71. The van der Waals surface area contributed by atoms with Crippen LogP contribution in [0.15, 0.2) is 0 Å². The maximum atomic E-state index is 10.1. The molecule has 9 heavy (non-hydrogen) atoms. The molecule has 1 atom stereocenters. The summed E-state index contributed by atoms with van der Waals surface area (Å²) in [6.45, 7) is 3.06. The van der Waals surface area contributed by atoms with Gasteiger partial charge in [0.05, 0.1) is 0 Å². The molecule has 0 aliphatic heterocycles. The van der Waals surface area contributed by atoms with Crippen molar-refractivity contribution in [2.45, 2.75) is 18.9 Å². The molecule has 0 aromatic carbocycles. The quantitative estimate of drug-likeness (QED) is 0.572. The minimum Gasteiger partial charge on any atom is -0.478 e. The number of aliphatic carboxylic acids is 1. The largest absolute Gasteiger partial charge is 0.478 e. The molecule has 0 heterocycles. The van der Waals surface area contributed by atoms with Gasteiger partial charge < -0.3 is 10.2 Å². The summed E-state index contributed by atoms with van der Waals surface area (Å²) in [5.41, 5.74) is 0. The highest BCUT2D eigenvalue weighted by molar-refractivity contribution is 6.32. The van der Waals surface area contributed by atoms with E-state index in [1.54, 1.807) is 0 Å². The van der Waals surface area contributed by atoms with Gasteiger partial charge in [-0.1, -0.05) is 25.4 Å². The Hall–Kier alpha value is -0.280. The molecule has 0 fully saturated rings. The molecule has 0 bridgehead atoms. The van der Waals surface area contributed by atoms with Crippen molar-refractivity contribution in [2.75, 3.05) is 0 Å². The number of halogens is 1. The van der Waals surface area contributed by atoms with Crippen LogP contribution >= 0.6 is 11.6 Å². The van der Waals surface area contributed by atoms with Gasteiger partial charge in [0.1, 0.15) is 0 Å². The number of hydrogen-bond acceptors (Lipinski definition) is 2. The van der Waals surface area contributed by atoms with Crippen LogP contribution in [0.5, 0.6) is 0 Å². The third kappa shape index (κ3) is 1.84. The Morgan fingerprint density at radius 1 is 1.67 bits per heavy atom. The zero-order valence-corrected chi connectivity index (χ0v) is 6.01. The van der Waals surface area contributed by atoms with Crippen LogP contribution in [0.4, 0.5) is 0 Å². The summed E-state index contributed by atoms with van der Waals surface area (Å²) in [4.78, 5) is 10.1. The third-order valence-electron chi connectivity index (χ3n) is 1.07. The number of carboxylic acids is 1. The molecule has 0 aromatic rings. The molecule has 1 unspecified atom stereocenters. The molecule has 0 saturated heterocycles. The van der Waals surface area contributed by atoms with Gasteiger partial charge in [-0.3, -0.25) is 0 Å². The van der Waals surface area contributed by atoms with Gasteiger partial charge in [0.2, 0.25) is 5.06 Å². The summed E-state index contributed by atoms with van der Waals surface area (Å²) in [5.74, 6) is -1.89. The van der Waals surface area contributed by atoms with Crippen molar-refractivity contribution in [3.63, 3.8) is 0 Å². The van der Waals surface area contributed by atoms with E-state index in [-0.39, 0.29) is 0 Å². The Bertz CT molecular complexity index is 119. The van der Waals surface area contributed by atoms with Gasteiger partial charge in [-0.2, -0.15) is 0 Å². The Balaban J connectivity index is 4.19. The first-order valence-corrected chi connectivity index (χ1v) is 2.91. The first-order valence-electron chi connectivity index (χ1n) is 2.53. The summed E-state index contributed by atoms with van der Waals surface area (Å²) < 4.78 is 0. The van der Waals surface area contributed by atoms with Crippen molar-refractivity contribution in [1.82, 2.24) is 0 Å². The van der Waals surface area contributed by atoms with Gasteiger partial charge in [0.25, 0.3) is 0 Å². The van der Waals surface area contributed by atoms with E-state index in [1.807, 2.05) is 0 Å². The first-order chi connectivity index (χ1) is 3.89. The predicted octanol–water partition coefficient (Wildman–Crippen LogP) is 0.654. The Morgan fingerprint density at radius 3 is 2.00 bits per heavy atom. The van der Waals surface area contributed by atoms with Crippen LogP contribution in [-0.4, -0.2) is 21.2 Å². The van der Waals surface area contributed by atoms with Gasteiger partial charge in [-0.25, -0.2) is 4.79 Å². The van der Waals surface area contributed by atoms with Crippen molar-refractivity contribution in [3.05, 3.63) is 0 Å². The van der Waals surface area contributed by atoms with E-state index < -0.39 is 16.9 Å². The lowest BCUT2D eigenvalue weighted by molar-refractivity contribution is -0.153. The fourth-order valence-electron chi connectivity index (χ4n) is 0.247. The zero-order chi connectivity index (χ0) is 7.65. The highest BCUT2D eigenvalue weighted by Crippen LogP contribution is 2.21. The average Bonchev–Trinajstić information content (AvgIpc) is 1.65. The Morgan fingerprint density at radius 2 is 2.00 bits per heavy atom. The molecule has 0 amide bonds. The third-order valence-corrected chi connectivity index (χ3v) is 1.66. The summed E-state index contributed by atoms with van der Waals surface area (Å²) in [7, 11) is 0. The van der Waals surface area contributed by atoms with E-state index >= 15 is 0 Å². The van der Waals surface area contributed by atoms with Crippen LogP contribution in [0.2, 0.25) is 0 Å². The zero-order valence-electron chi connectivity index (χ0n) is 5.26. The number of carboxylic acid groups (broad SMARTS) is 1. The maximum Gasteiger partial charge on any atom is 0.351 e. The van der Waals surface area contributed by atoms with E-state index in [0.717, 1.165) is 0 Å². The lowest BCUT2D eigenvalue weighted by Gasteiger charge is -2.18. The van der Waals surface area contributed by atoms with Crippen LogP contribution < -0.4 is 0 Å². The minimum absolute atomic E-state index is 0.489. The van der Waals surface area contributed by atoms with Crippen LogP contribution in [0.3, 0.4) is 0 Å². The molecule has 0 aromatic heterocycles. The lowest BCUT2D eigenvalue weighted by atomic mass is 10.1. The van der Waals surface area contributed by atoms with Crippen molar-refractivity contribution in [1.29, 1.82) is 0 Å². The molecule has 0 aliphatic rings. The van der Waals surface area contributed by atoms with E-state index in [4.69, 9.17) is 21.8 Å². The van der Waals surface area contributed by atoms with Crippen molar-refractivity contribution in [2.24, 2.45) is 5.92 Å². The van der Waals surface area contributed by atoms with E-state index in [0.29, 0.717) is 0 Å². The Kier molecular flexibility index (Phi) is 2.46. The second kappa shape index (κ2) is 2.54. The summed E-state index contributed by atoms with van der Waals surface area (Å²) in [6, 6.07) is 0. The molecule has 0 spiro atoms. The Labute approximate surface area is 58.3 Å². The summed E-state index contributed by atoms with van der Waals surface area (Å²) in [6.07, 6.45) is 0. The molecule has 2 N–H and O–H groups in total. The van der Waals surface area contributed by atoms with Crippen molar-refractivity contribution < 1.29 is 15.0 Å². The minimum atomic E-state index is -2.11. The van der Waals surface area contributed by atoms with Crippen LogP contribution in [-0.2, 0) is 4.79 Å². The smallest absolute Gasteiger partial charge is 0.351 e.